The van der Waals surface area contributed by atoms with Crippen LogP contribution in [-0.2, 0) is 9.59 Å². The largest absolute Gasteiger partial charge is 0.483 e. The Bertz CT molecular complexity index is 881. The summed E-state index contributed by atoms with van der Waals surface area (Å²) >= 11 is 1.36. The fraction of sp³-hybridized carbons (Fsp3) is 0.455. The van der Waals surface area contributed by atoms with Crippen molar-refractivity contribution in [2.75, 3.05) is 33.2 Å². The lowest BCUT2D eigenvalue weighted by atomic mass is 10.0. The zero-order valence-electron chi connectivity index (χ0n) is 18.5. The Morgan fingerprint density at radius 3 is 2.31 bits per heavy atom. The van der Waals surface area contributed by atoms with E-state index in [0.29, 0.717) is 29.4 Å². The summed E-state index contributed by atoms with van der Waals surface area (Å²) in [6.07, 6.45) is -1.25. The number of carbonyl (C=O) groups excluding carboxylic acids is 2. The third kappa shape index (κ3) is 6.84. The van der Waals surface area contributed by atoms with Crippen molar-refractivity contribution in [2.24, 2.45) is 5.92 Å². The van der Waals surface area contributed by atoms with Gasteiger partial charge in [0.1, 0.15) is 10.7 Å². The minimum absolute atomic E-state index is 0.0552. The van der Waals surface area contributed by atoms with Crippen LogP contribution in [0.25, 0.3) is 0 Å². The second-order valence-electron chi connectivity index (χ2n) is 7.82. The van der Waals surface area contributed by atoms with E-state index in [4.69, 9.17) is 9.90 Å². The van der Waals surface area contributed by atoms with Crippen molar-refractivity contribution in [3.8, 4) is 0 Å². The van der Waals surface area contributed by atoms with Gasteiger partial charge in [0.15, 0.2) is 6.10 Å². The number of rotatable bonds is 6. The molecular formula is C22H30N4O5S. The fourth-order valence-electron chi connectivity index (χ4n) is 3.23. The molecule has 3 N–H and O–H groups in total. The number of amides is 2. The van der Waals surface area contributed by atoms with Crippen molar-refractivity contribution >= 4 is 29.6 Å². The van der Waals surface area contributed by atoms with Crippen molar-refractivity contribution in [2.45, 2.75) is 26.0 Å². The van der Waals surface area contributed by atoms with Crippen LogP contribution < -0.4 is 5.32 Å². The fourth-order valence-corrected chi connectivity index (χ4v) is 4.25. The monoisotopic (exact) mass is 462 g/mol. The van der Waals surface area contributed by atoms with Crippen molar-refractivity contribution < 1.29 is 24.6 Å². The molecule has 174 valence electrons. The van der Waals surface area contributed by atoms with Crippen LogP contribution in [0.3, 0.4) is 0 Å². The number of nitrogens with zero attached hydrogens (tertiary/aromatic N) is 3. The van der Waals surface area contributed by atoms with Crippen LogP contribution in [0.1, 0.15) is 47.1 Å². The zero-order chi connectivity index (χ0) is 23.7. The molecule has 2 heterocycles. The number of carboxylic acid groups (broad SMARTS) is 1. The van der Waals surface area contributed by atoms with Gasteiger partial charge in [-0.3, -0.25) is 14.4 Å². The number of piperazine rings is 1. The average Bonchev–Trinajstić information content (AvgIpc) is 3.27. The van der Waals surface area contributed by atoms with Crippen molar-refractivity contribution in [1.82, 2.24) is 20.1 Å². The van der Waals surface area contributed by atoms with E-state index in [0.717, 1.165) is 13.1 Å². The maximum atomic E-state index is 12.8. The Morgan fingerprint density at radius 1 is 1.16 bits per heavy atom. The first-order chi connectivity index (χ1) is 15.3. The Balaban J connectivity index is 0.00000114. The number of thiazole rings is 1. The molecule has 3 rings (SSSR count). The molecule has 32 heavy (non-hydrogen) atoms. The molecule has 1 aromatic heterocycles. The molecule has 2 atom stereocenters. The van der Waals surface area contributed by atoms with Gasteiger partial charge in [-0.25, -0.2) is 4.98 Å². The number of hydrogen-bond acceptors (Lipinski definition) is 7. The zero-order valence-corrected chi connectivity index (χ0v) is 19.3. The summed E-state index contributed by atoms with van der Waals surface area (Å²) in [6.45, 7) is 6.79. The van der Waals surface area contributed by atoms with Crippen LogP contribution in [0.5, 0.6) is 0 Å². The third-order valence-corrected chi connectivity index (χ3v) is 6.05. The van der Waals surface area contributed by atoms with E-state index < -0.39 is 12.0 Å². The molecule has 1 aromatic carbocycles. The van der Waals surface area contributed by atoms with Gasteiger partial charge in [0.25, 0.3) is 18.3 Å². The van der Waals surface area contributed by atoms with E-state index in [1.54, 1.807) is 29.6 Å². The maximum absolute atomic E-state index is 12.8. The molecule has 2 amide bonds. The molecule has 1 saturated heterocycles. The molecule has 1 aliphatic heterocycles. The smallest absolute Gasteiger partial charge is 0.290 e. The van der Waals surface area contributed by atoms with Gasteiger partial charge in [-0.2, -0.15) is 0 Å². The van der Waals surface area contributed by atoms with Crippen LogP contribution in [0, 0.1) is 5.92 Å². The number of aliphatic hydroxyl groups excluding tert-OH is 1. The third-order valence-electron chi connectivity index (χ3n) is 5.13. The highest BCUT2D eigenvalue weighted by atomic mass is 32.1. The number of nitrogens with one attached hydrogen (secondary N) is 1. The van der Waals surface area contributed by atoms with Crippen LogP contribution in [0.4, 0.5) is 0 Å². The molecule has 9 nitrogen and oxygen atoms in total. The standard InChI is InChI=1S/C21H28N4O3S.CH2O2/c1-14(2)17(23-19(27)18(26)15-7-5-4-6-8-15)20-22-16(13-29-20)21(28)25-11-9-24(3)10-12-25;2-1-3/h4-8,13-14,17-18,26H,9-12H2,1-3H3,(H,23,27);1H,(H,2,3)/t17-,18-;/m0./s1. The van der Waals surface area contributed by atoms with Crippen molar-refractivity contribution in [1.29, 1.82) is 0 Å². The van der Waals surface area contributed by atoms with Crippen molar-refractivity contribution in [3.05, 3.63) is 52.0 Å². The van der Waals surface area contributed by atoms with Gasteiger partial charge in [0, 0.05) is 31.6 Å². The lowest BCUT2D eigenvalue weighted by molar-refractivity contribution is -0.130. The second kappa shape index (κ2) is 12.3. The Labute approximate surface area is 191 Å². The van der Waals surface area contributed by atoms with Gasteiger partial charge in [-0.15, -0.1) is 11.3 Å². The van der Waals surface area contributed by atoms with Crippen LogP contribution >= 0.6 is 11.3 Å². The van der Waals surface area contributed by atoms with E-state index in [1.165, 1.54) is 11.3 Å². The minimum Gasteiger partial charge on any atom is -0.483 e. The SMILES string of the molecule is CC(C)[C@H](NC(=O)[C@@H](O)c1ccccc1)c1nc(C(=O)N2CCN(C)CC2)cs1.O=CO. The molecule has 1 fully saturated rings. The van der Waals surface area contributed by atoms with Crippen molar-refractivity contribution in [3.63, 3.8) is 0 Å². The molecule has 0 radical (unpaired) electrons. The Kier molecular flexibility index (Phi) is 9.76. The first kappa shape index (κ1) is 25.4. The molecule has 0 aliphatic carbocycles. The Morgan fingerprint density at radius 2 is 1.75 bits per heavy atom. The van der Waals surface area contributed by atoms with Gasteiger partial charge < -0.3 is 25.3 Å². The predicted octanol–water partition coefficient (Wildman–Crippen LogP) is 1.78. The molecule has 10 heteroatoms. The van der Waals surface area contributed by atoms with Gasteiger partial charge >= 0.3 is 0 Å². The Hall–Kier alpha value is -2.82. The quantitative estimate of drug-likeness (QED) is 0.559. The molecule has 0 saturated carbocycles. The second-order valence-corrected chi connectivity index (χ2v) is 8.71. The average molecular weight is 463 g/mol. The molecule has 0 unspecified atom stereocenters. The summed E-state index contributed by atoms with van der Waals surface area (Å²) < 4.78 is 0. The lowest BCUT2D eigenvalue weighted by Gasteiger charge is -2.31. The first-order valence-electron chi connectivity index (χ1n) is 10.3. The molecular weight excluding hydrogens is 432 g/mol. The maximum Gasteiger partial charge on any atom is 0.290 e. The number of benzene rings is 1. The molecule has 0 bridgehead atoms. The highest BCUT2D eigenvalue weighted by molar-refractivity contribution is 7.09. The highest BCUT2D eigenvalue weighted by Gasteiger charge is 2.28. The predicted molar refractivity (Wildman–Crippen MR) is 121 cm³/mol. The van der Waals surface area contributed by atoms with E-state index >= 15 is 0 Å². The van der Waals surface area contributed by atoms with Crippen LogP contribution in [0.15, 0.2) is 35.7 Å². The number of likely N-dealkylation sites (N-methyl/N-ethyl adjacent to an activating group) is 1. The number of hydrogen-bond donors (Lipinski definition) is 3. The van der Waals surface area contributed by atoms with E-state index in [1.807, 2.05) is 31.9 Å². The topological polar surface area (TPSA) is 123 Å². The normalized spacial score (nSPS) is 16.0. The number of aliphatic hydroxyl groups is 1. The summed E-state index contributed by atoms with van der Waals surface area (Å²) in [5.74, 6) is -0.490. The van der Waals surface area contributed by atoms with Gasteiger partial charge in [0.2, 0.25) is 0 Å². The lowest BCUT2D eigenvalue weighted by Crippen LogP contribution is -2.47. The number of aromatic nitrogens is 1. The van der Waals surface area contributed by atoms with Crippen LogP contribution in [-0.4, -0.2) is 76.5 Å². The highest BCUT2D eigenvalue weighted by Crippen LogP contribution is 2.27. The number of carbonyl (C=O) groups is 3. The molecule has 1 aliphatic rings. The molecule has 2 aromatic rings. The minimum atomic E-state index is -1.25. The van der Waals surface area contributed by atoms with Gasteiger partial charge in [0.05, 0.1) is 6.04 Å². The van der Waals surface area contributed by atoms with E-state index in [9.17, 15) is 14.7 Å². The summed E-state index contributed by atoms with van der Waals surface area (Å²) in [5.41, 5.74) is 0.954. The summed E-state index contributed by atoms with van der Waals surface area (Å²) in [7, 11) is 2.04. The van der Waals surface area contributed by atoms with E-state index in [2.05, 4.69) is 15.2 Å². The summed E-state index contributed by atoms with van der Waals surface area (Å²) in [6, 6.07) is 8.45. The van der Waals surface area contributed by atoms with Gasteiger partial charge in [-0.05, 0) is 18.5 Å². The summed E-state index contributed by atoms with van der Waals surface area (Å²) in [5, 5.41) is 22.6. The summed E-state index contributed by atoms with van der Waals surface area (Å²) in [4.78, 5) is 42.2. The van der Waals surface area contributed by atoms with Gasteiger partial charge in [-0.1, -0.05) is 44.2 Å². The van der Waals surface area contributed by atoms with E-state index in [-0.39, 0.29) is 24.3 Å². The molecule has 0 spiro atoms. The van der Waals surface area contributed by atoms with Crippen LogP contribution in [0.2, 0.25) is 0 Å². The first-order valence-corrected chi connectivity index (χ1v) is 11.2.